The third kappa shape index (κ3) is 2.97. The molecule has 0 amide bonds. The molecular weight excluding hydrogens is 330 g/mol. The summed E-state index contributed by atoms with van der Waals surface area (Å²) in [6, 6.07) is 24.2. The van der Waals surface area contributed by atoms with Crippen LogP contribution in [0.1, 0.15) is 11.3 Å². The Balaban J connectivity index is 1.90. The SMILES string of the molecule is COc1ccc(C=C(Cl)c2nc3ccccc3c3ccccc23)cc1. The van der Waals surface area contributed by atoms with Crippen LogP contribution in [0.5, 0.6) is 5.75 Å². The molecule has 0 N–H and O–H groups in total. The number of hydrogen-bond donors (Lipinski definition) is 0. The van der Waals surface area contributed by atoms with Gasteiger partial charge in [0.2, 0.25) is 0 Å². The summed E-state index contributed by atoms with van der Waals surface area (Å²) < 4.78 is 5.20. The molecule has 3 heteroatoms. The van der Waals surface area contributed by atoms with Crippen LogP contribution in [0.15, 0.2) is 72.8 Å². The van der Waals surface area contributed by atoms with Crippen molar-refractivity contribution in [3.63, 3.8) is 0 Å². The number of para-hydroxylation sites is 1. The van der Waals surface area contributed by atoms with E-state index < -0.39 is 0 Å². The summed E-state index contributed by atoms with van der Waals surface area (Å²) in [4.78, 5) is 4.81. The van der Waals surface area contributed by atoms with Crippen LogP contribution in [0.4, 0.5) is 0 Å². The number of ether oxygens (including phenoxy) is 1. The van der Waals surface area contributed by atoms with E-state index in [0.717, 1.165) is 38.7 Å². The molecule has 0 spiro atoms. The lowest BCUT2D eigenvalue weighted by Gasteiger charge is -2.09. The largest absolute Gasteiger partial charge is 0.497 e. The van der Waals surface area contributed by atoms with Crippen molar-refractivity contribution in [2.24, 2.45) is 0 Å². The molecule has 0 atom stereocenters. The van der Waals surface area contributed by atoms with Crippen molar-refractivity contribution >= 4 is 44.4 Å². The van der Waals surface area contributed by atoms with Crippen LogP contribution in [0, 0.1) is 0 Å². The predicted molar refractivity (Wildman–Crippen MR) is 106 cm³/mol. The number of rotatable bonds is 3. The second kappa shape index (κ2) is 6.58. The Bertz CT molecular complexity index is 1080. The van der Waals surface area contributed by atoms with Gasteiger partial charge in [-0.25, -0.2) is 4.98 Å². The standard InChI is InChI=1S/C22H16ClNO/c1-25-16-12-10-15(11-13-16)14-20(23)22-19-8-3-2-6-17(19)18-7-4-5-9-21(18)24-22/h2-14H,1H3. The minimum Gasteiger partial charge on any atom is -0.497 e. The maximum atomic E-state index is 6.66. The van der Waals surface area contributed by atoms with Crippen molar-refractivity contribution < 1.29 is 4.74 Å². The summed E-state index contributed by atoms with van der Waals surface area (Å²) in [5, 5.41) is 3.96. The summed E-state index contributed by atoms with van der Waals surface area (Å²) >= 11 is 6.66. The highest BCUT2D eigenvalue weighted by Crippen LogP contribution is 2.32. The van der Waals surface area contributed by atoms with Gasteiger partial charge in [-0.15, -0.1) is 0 Å². The van der Waals surface area contributed by atoms with Gasteiger partial charge in [-0.3, -0.25) is 0 Å². The van der Waals surface area contributed by atoms with E-state index in [2.05, 4.69) is 18.2 Å². The Hall–Kier alpha value is -2.84. The molecule has 0 fully saturated rings. The van der Waals surface area contributed by atoms with E-state index in [1.807, 2.05) is 60.7 Å². The van der Waals surface area contributed by atoms with E-state index in [-0.39, 0.29) is 0 Å². The van der Waals surface area contributed by atoms with Gasteiger partial charge in [0, 0.05) is 10.8 Å². The van der Waals surface area contributed by atoms with Gasteiger partial charge in [0.05, 0.1) is 23.4 Å². The summed E-state index contributed by atoms with van der Waals surface area (Å²) in [7, 11) is 1.66. The zero-order valence-electron chi connectivity index (χ0n) is 13.7. The number of nitrogens with zero attached hydrogens (tertiary/aromatic N) is 1. The van der Waals surface area contributed by atoms with Crippen molar-refractivity contribution in [2.45, 2.75) is 0 Å². The summed E-state index contributed by atoms with van der Waals surface area (Å²) in [5.74, 6) is 0.822. The van der Waals surface area contributed by atoms with Crippen molar-refractivity contribution in [3.8, 4) is 5.75 Å². The monoisotopic (exact) mass is 345 g/mol. The third-order valence-corrected chi connectivity index (χ3v) is 4.53. The number of hydrogen-bond acceptors (Lipinski definition) is 2. The highest BCUT2D eigenvalue weighted by Gasteiger charge is 2.10. The second-order valence-corrected chi connectivity index (χ2v) is 6.20. The lowest BCUT2D eigenvalue weighted by Crippen LogP contribution is -1.90. The number of benzene rings is 3. The number of halogens is 1. The van der Waals surface area contributed by atoms with E-state index in [1.54, 1.807) is 7.11 Å². The van der Waals surface area contributed by atoms with Gasteiger partial charge in [-0.1, -0.05) is 66.2 Å². The molecule has 0 saturated carbocycles. The first-order valence-corrected chi connectivity index (χ1v) is 8.43. The van der Waals surface area contributed by atoms with E-state index in [1.165, 1.54) is 0 Å². The molecule has 0 bridgehead atoms. The van der Waals surface area contributed by atoms with Crippen molar-refractivity contribution in [1.29, 1.82) is 0 Å². The molecule has 2 nitrogen and oxygen atoms in total. The first-order valence-electron chi connectivity index (χ1n) is 8.05. The van der Waals surface area contributed by atoms with E-state index >= 15 is 0 Å². The average Bonchev–Trinajstić information content (AvgIpc) is 2.68. The normalized spacial score (nSPS) is 11.8. The Morgan fingerprint density at radius 1 is 0.840 bits per heavy atom. The molecule has 0 aliphatic heterocycles. The van der Waals surface area contributed by atoms with Crippen molar-refractivity contribution in [3.05, 3.63) is 84.1 Å². The molecule has 0 radical (unpaired) electrons. The molecule has 0 aliphatic rings. The fraction of sp³-hybridized carbons (Fsp3) is 0.0455. The molecule has 1 aromatic heterocycles. The fourth-order valence-electron chi connectivity index (χ4n) is 3.00. The Morgan fingerprint density at radius 3 is 2.20 bits per heavy atom. The van der Waals surface area contributed by atoms with Gasteiger partial charge in [0.1, 0.15) is 5.75 Å². The first kappa shape index (κ1) is 15.7. The van der Waals surface area contributed by atoms with Crippen LogP contribution in [0.2, 0.25) is 0 Å². The zero-order chi connectivity index (χ0) is 17.2. The van der Waals surface area contributed by atoms with E-state index in [9.17, 15) is 0 Å². The van der Waals surface area contributed by atoms with Crippen LogP contribution >= 0.6 is 11.6 Å². The number of aromatic nitrogens is 1. The molecule has 1 heterocycles. The van der Waals surface area contributed by atoms with Crippen molar-refractivity contribution in [2.75, 3.05) is 7.11 Å². The zero-order valence-corrected chi connectivity index (χ0v) is 14.5. The molecule has 25 heavy (non-hydrogen) atoms. The second-order valence-electron chi connectivity index (χ2n) is 5.79. The maximum absolute atomic E-state index is 6.66. The van der Waals surface area contributed by atoms with Gasteiger partial charge in [-0.05, 0) is 35.2 Å². The van der Waals surface area contributed by atoms with Gasteiger partial charge in [0.25, 0.3) is 0 Å². The molecule has 0 unspecified atom stereocenters. The van der Waals surface area contributed by atoms with Crippen LogP contribution in [-0.2, 0) is 0 Å². The molecule has 4 aromatic rings. The Morgan fingerprint density at radius 2 is 1.48 bits per heavy atom. The lowest BCUT2D eigenvalue weighted by atomic mass is 10.0. The smallest absolute Gasteiger partial charge is 0.118 e. The first-order chi connectivity index (χ1) is 12.3. The quantitative estimate of drug-likeness (QED) is 0.416. The third-order valence-electron chi connectivity index (χ3n) is 4.24. The molecule has 4 rings (SSSR count). The Kier molecular flexibility index (Phi) is 4.12. The molecule has 3 aromatic carbocycles. The summed E-state index contributed by atoms with van der Waals surface area (Å²) in [6.45, 7) is 0. The maximum Gasteiger partial charge on any atom is 0.118 e. The van der Waals surface area contributed by atoms with Crippen molar-refractivity contribution in [1.82, 2.24) is 4.98 Å². The van der Waals surface area contributed by atoms with Crippen LogP contribution in [0.3, 0.4) is 0 Å². The summed E-state index contributed by atoms with van der Waals surface area (Å²) in [6.07, 6.45) is 1.94. The van der Waals surface area contributed by atoms with Crippen LogP contribution < -0.4 is 4.74 Å². The molecule has 0 saturated heterocycles. The minimum atomic E-state index is 0.618. The molecule has 122 valence electrons. The van der Waals surface area contributed by atoms with Gasteiger partial charge >= 0.3 is 0 Å². The fourth-order valence-corrected chi connectivity index (χ4v) is 3.27. The number of methoxy groups -OCH3 is 1. The van der Waals surface area contributed by atoms with Crippen LogP contribution in [0.25, 0.3) is 32.8 Å². The Labute approximate surface area is 151 Å². The average molecular weight is 346 g/mol. The molecule has 0 aliphatic carbocycles. The number of pyridine rings is 1. The summed E-state index contributed by atoms with van der Waals surface area (Å²) in [5.41, 5.74) is 2.74. The predicted octanol–water partition coefficient (Wildman–Crippen LogP) is 6.13. The van der Waals surface area contributed by atoms with Crippen LogP contribution in [-0.4, -0.2) is 12.1 Å². The van der Waals surface area contributed by atoms with E-state index in [4.69, 9.17) is 21.3 Å². The van der Waals surface area contributed by atoms with Gasteiger partial charge in [-0.2, -0.15) is 0 Å². The highest BCUT2D eigenvalue weighted by molar-refractivity contribution is 6.52. The number of fused-ring (bicyclic) bond motifs is 3. The lowest BCUT2D eigenvalue weighted by molar-refractivity contribution is 0.415. The minimum absolute atomic E-state index is 0.618. The van der Waals surface area contributed by atoms with Gasteiger partial charge < -0.3 is 4.74 Å². The topological polar surface area (TPSA) is 22.1 Å². The van der Waals surface area contributed by atoms with Gasteiger partial charge in [0.15, 0.2) is 0 Å². The molecular formula is C22H16ClNO. The van der Waals surface area contributed by atoms with E-state index in [0.29, 0.717) is 5.03 Å². The highest BCUT2D eigenvalue weighted by atomic mass is 35.5.